The van der Waals surface area contributed by atoms with Gasteiger partial charge in [0, 0.05) is 34.7 Å². The van der Waals surface area contributed by atoms with E-state index in [1.807, 2.05) is 42.9 Å². The average Bonchev–Trinajstić information content (AvgIpc) is 2.61. The first-order chi connectivity index (χ1) is 8.47. The van der Waals surface area contributed by atoms with Crippen molar-refractivity contribution in [2.45, 2.75) is 19.4 Å². The van der Waals surface area contributed by atoms with Gasteiger partial charge in [0.2, 0.25) is 0 Å². The zero-order valence-corrected chi connectivity index (χ0v) is 12.7. The molecule has 0 bridgehead atoms. The Bertz CT molecular complexity index is 565. The molecule has 2 aromatic rings. The number of nitrogens with zero attached hydrogens (tertiary/aromatic N) is 2. The van der Waals surface area contributed by atoms with Crippen molar-refractivity contribution in [3.8, 4) is 0 Å². The van der Waals surface area contributed by atoms with Gasteiger partial charge in [-0.2, -0.15) is 5.10 Å². The second-order valence-electron chi connectivity index (χ2n) is 4.38. The minimum Gasteiger partial charge on any atom is -0.324 e. The summed E-state index contributed by atoms with van der Waals surface area (Å²) in [4.78, 5) is 0. The van der Waals surface area contributed by atoms with Gasteiger partial charge < -0.3 is 5.73 Å². The van der Waals surface area contributed by atoms with Crippen molar-refractivity contribution in [3.63, 3.8) is 0 Å². The molecular weight excluding hydrogens is 314 g/mol. The van der Waals surface area contributed by atoms with Crippen LogP contribution in [0.5, 0.6) is 0 Å². The summed E-state index contributed by atoms with van der Waals surface area (Å²) in [5.41, 5.74) is 9.28. The lowest BCUT2D eigenvalue weighted by molar-refractivity contribution is 0.639. The van der Waals surface area contributed by atoms with Crippen LogP contribution < -0.4 is 5.73 Å². The van der Waals surface area contributed by atoms with Crippen LogP contribution in [0.3, 0.4) is 0 Å². The third-order valence-corrected chi connectivity index (χ3v) is 3.72. The molecule has 0 aliphatic heterocycles. The van der Waals surface area contributed by atoms with Crippen LogP contribution >= 0.6 is 27.5 Å². The fourth-order valence-electron chi connectivity index (χ4n) is 1.99. The second-order valence-corrected chi connectivity index (χ2v) is 5.70. The second kappa shape index (κ2) is 5.43. The summed E-state index contributed by atoms with van der Waals surface area (Å²) >= 11 is 9.62. The van der Waals surface area contributed by atoms with Gasteiger partial charge in [0.1, 0.15) is 0 Å². The monoisotopic (exact) mass is 327 g/mol. The van der Waals surface area contributed by atoms with Crippen LogP contribution in [0.25, 0.3) is 0 Å². The molecule has 0 radical (unpaired) electrons. The quantitative estimate of drug-likeness (QED) is 0.938. The van der Waals surface area contributed by atoms with E-state index in [0.717, 1.165) is 21.4 Å². The lowest BCUT2D eigenvalue weighted by Gasteiger charge is -2.14. The molecule has 1 aromatic heterocycles. The van der Waals surface area contributed by atoms with E-state index < -0.39 is 0 Å². The molecule has 96 valence electrons. The number of rotatable bonds is 3. The fourth-order valence-corrected chi connectivity index (χ4v) is 2.63. The number of aryl methyl sites for hydroxylation is 2. The molecule has 1 atom stereocenters. The molecule has 0 fully saturated rings. The summed E-state index contributed by atoms with van der Waals surface area (Å²) in [7, 11) is 1.93. The van der Waals surface area contributed by atoms with Crippen molar-refractivity contribution < 1.29 is 0 Å². The van der Waals surface area contributed by atoms with E-state index in [9.17, 15) is 0 Å². The molecule has 0 spiro atoms. The number of hydrogen-bond donors (Lipinski definition) is 1. The van der Waals surface area contributed by atoms with Gasteiger partial charge in [-0.05, 0) is 36.8 Å². The minimum absolute atomic E-state index is 0.134. The van der Waals surface area contributed by atoms with E-state index >= 15 is 0 Å². The summed E-state index contributed by atoms with van der Waals surface area (Å²) in [5.74, 6) is 0. The van der Waals surface area contributed by atoms with Crippen LogP contribution in [0.15, 0.2) is 28.7 Å². The first kappa shape index (κ1) is 13.6. The Morgan fingerprint density at radius 2 is 2.17 bits per heavy atom. The molecule has 18 heavy (non-hydrogen) atoms. The van der Waals surface area contributed by atoms with Crippen molar-refractivity contribution in [3.05, 3.63) is 50.7 Å². The minimum atomic E-state index is -0.134. The van der Waals surface area contributed by atoms with E-state index in [2.05, 4.69) is 21.0 Å². The molecule has 3 nitrogen and oxygen atoms in total. The molecule has 0 saturated heterocycles. The summed E-state index contributed by atoms with van der Waals surface area (Å²) < 4.78 is 2.85. The van der Waals surface area contributed by atoms with E-state index in [1.165, 1.54) is 0 Å². The van der Waals surface area contributed by atoms with E-state index in [-0.39, 0.29) is 6.04 Å². The van der Waals surface area contributed by atoms with E-state index in [1.54, 1.807) is 0 Å². The predicted molar refractivity (Wildman–Crippen MR) is 77.7 cm³/mol. The van der Waals surface area contributed by atoms with Crippen LogP contribution in [0.1, 0.15) is 23.0 Å². The number of nitrogens with two attached hydrogens (primary N) is 1. The molecule has 0 aliphatic rings. The highest BCUT2D eigenvalue weighted by Crippen LogP contribution is 2.27. The molecule has 1 unspecified atom stereocenters. The van der Waals surface area contributed by atoms with Gasteiger partial charge in [-0.1, -0.05) is 27.5 Å². The Hall–Kier alpha value is -0.840. The Labute approximate surface area is 120 Å². The van der Waals surface area contributed by atoms with Gasteiger partial charge >= 0.3 is 0 Å². The van der Waals surface area contributed by atoms with Crippen LogP contribution in [0, 0.1) is 6.92 Å². The third-order valence-electron chi connectivity index (χ3n) is 2.89. The maximum atomic E-state index is 6.23. The van der Waals surface area contributed by atoms with Crippen LogP contribution in [-0.4, -0.2) is 9.78 Å². The standard InChI is InChI=1S/C13H15BrClN3/c1-8-5-10(18(2)17-8)7-13(16)11-6-9(14)3-4-12(11)15/h3-6,13H,7,16H2,1-2H3. The molecule has 1 heterocycles. The number of benzene rings is 1. The van der Waals surface area contributed by atoms with Gasteiger partial charge in [-0.3, -0.25) is 4.68 Å². The molecule has 0 saturated carbocycles. The zero-order chi connectivity index (χ0) is 13.3. The first-order valence-corrected chi connectivity index (χ1v) is 6.84. The van der Waals surface area contributed by atoms with Gasteiger partial charge in [0.05, 0.1) is 5.69 Å². The van der Waals surface area contributed by atoms with Gasteiger partial charge in [-0.25, -0.2) is 0 Å². The highest BCUT2D eigenvalue weighted by molar-refractivity contribution is 9.10. The van der Waals surface area contributed by atoms with Gasteiger partial charge in [0.15, 0.2) is 0 Å². The van der Waals surface area contributed by atoms with Crippen molar-refractivity contribution in [2.24, 2.45) is 12.8 Å². The summed E-state index contributed by atoms with van der Waals surface area (Å²) in [6, 6.07) is 7.65. The lowest BCUT2D eigenvalue weighted by Crippen LogP contribution is -2.15. The summed E-state index contributed by atoms with van der Waals surface area (Å²) in [6.07, 6.45) is 0.716. The van der Waals surface area contributed by atoms with Crippen molar-refractivity contribution in [2.75, 3.05) is 0 Å². The first-order valence-electron chi connectivity index (χ1n) is 5.67. The summed E-state index contributed by atoms with van der Waals surface area (Å²) in [6.45, 7) is 1.97. The van der Waals surface area contributed by atoms with Gasteiger partial charge in [-0.15, -0.1) is 0 Å². The largest absolute Gasteiger partial charge is 0.324 e. The van der Waals surface area contributed by atoms with Crippen LogP contribution in [-0.2, 0) is 13.5 Å². The maximum Gasteiger partial charge on any atom is 0.0596 e. The lowest BCUT2D eigenvalue weighted by atomic mass is 10.0. The molecule has 2 rings (SSSR count). The number of aromatic nitrogens is 2. The average molecular weight is 329 g/mol. The molecular formula is C13H15BrClN3. The highest BCUT2D eigenvalue weighted by atomic mass is 79.9. The van der Waals surface area contributed by atoms with Crippen molar-refractivity contribution in [1.82, 2.24) is 9.78 Å². The van der Waals surface area contributed by atoms with Crippen molar-refractivity contribution >= 4 is 27.5 Å². The van der Waals surface area contributed by atoms with E-state index in [0.29, 0.717) is 11.4 Å². The topological polar surface area (TPSA) is 43.8 Å². The number of hydrogen-bond acceptors (Lipinski definition) is 2. The Morgan fingerprint density at radius 3 is 2.78 bits per heavy atom. The summed E-state index contributed by atoms with van der Waals surface area (Å²) in [5, 5.41) is 5.02. The maximum absolute atomic E-state index is 6.23. The predicted octanol–water partition coefficient (Wildman–Crippen LogP) is 3.39. The highest BCUT2D eigenvalue weighted by Gasteiger charge is 2.14. The fraction of sp³-hybridized carbons (Fsp3) is 0.308. The Morgan fingerprint density at radius 1 is 1.44 bits per heavy atom. The Kier molecular flexibility index (Phi) is 4.10. The molecule has 5 heteroatoms. The Balaban J connectivity index is 2.24. The van der Waals surface area contributed by atoms with Gasteiger partial charge in [0.25, 0.3) is 0 Å². The third kappa shape index (κ3) is 2.94. The molecule has 1 aromatic carbocycles. The van der Waals surface area contributed by atoms with Crippen LogP contribution in [0.2, 0.25) is 5.02 Å². The molecule has 2 N–H and O–H groups in total. The normalized spacial score (nSPS) is 12.7. The van der Waals surface area contributed by atoms with Crippen molar-refractivity contribution in [1.29, 1.82) is 0 Å². The van der Waals surface area contributed by atoms with Crippen LogP contribution in [0.4, 0.5) is 0 Å². The van der Waals surface area contributed by atoms with E-state index in [4.69, 9.17) is 17.3 Å². The molecule has 0 amide bonds. The number of halogens is 2. The SMILES string of the molecule is Cc1cc(CC(N)c2cc(Br)ccc2Cl)n(C)n1. The smallest absolute Gasteiger partial charge is 0.0596 e. The molecule has 0 aliphatic carbocycles. The zero-order valence-electron chi connectivity index (χ0n) is 10.3.